The standard InChI is InChI=1S/C18H23N3O3S/c1-14-4-2-3-5-16(14)11-13-21-18(22)20-12-10-15-6-8-17(9-7-15)25(19,23)24/h2-9H,10-13H2,1H3,(H2,19,23,24)(H2,20,21,22). The zero-order chi connectivity index (χ0) is 18.3. The van der Waals surface area contributed by atoms with Gasteiger partial charge in [-0.3, -0.25) is 0 Å². The topological polar surface area (TPSA) is 101 Å². The average Bonchev–Trinajstić information content (AvgIpc) is 2.56. The first-order valence-electron chi connectivity index (χ1n) is 8.04. The van der Waals surface area contributed by atoms with Crippen LogP contribution in [-0.2, 0) is 22.9 Å². The Morgan fingerprint density at radius 2 is 1.56 bits per heavy atom. The Morgan fingerprint density at radius 1 is 0.960 bits per heavy atom. The second kappa shape index (κ2) is 8.64. The Bertz CT molecular complexity index is 818. The lowest BCUT2D eigenvalue weighted by molar-refractivity contribution is 0.241. The molecule has 25 heavy (non-hydrogen) atoms. The van der Waals surface area contributed by atoms with Gasteiger partial charge in [-0.25, -0.2) is 18.4 Å². The van der Waals surface area contributed by atoms with Gasteiger partial charge in [-0.1, -0.05) is 36.4 Å². The van der Waals surface area contributed by atoms with Crippen LogP contribution in [0.1, 0.15) is 16.7 Å². The average molecular weight is 361 g/mol. The highest BCUT2D eigenvalue weighted by atomic mass is 32.2. The molecule has 2 amide bonds. The van der Waals surface area contributed by atoms with E-state index in [2.05, 4.69) is 29.7 Å². The minimum atomic E-state index is -3.67. The Balaban J connectivity index is 1.69. The molecule has 0 spiro atoms. The maximum absolute atomic E-state index is 11.8. The summed E-state index contributed by atoms with van der Waals surface area (Å²) in [6, 6.07) is 14.2. The van der Waals surface area contributed by atoms with Crippen molar-refractivity contribution in [1.29, 1.82) is 0 Å². The third-order valence-electron chi connectivity index (χ3n) is 3.89. The molecule has 7 heteroatoms. The summed E-state index contributed by atoms with van der Waals surface area (Å²) in [4.78, 5) is 11.9. The maximum Gasteiger partial charge on any atom is 0.314 e. The van der Waals surface area contributed by atoms with Crippen molar-refractivity contribution >= 4 is 16.1 Å². The van der Waals surface area contributed by atoms with Crippen LogP contribution in [0.15, 0.2) is 53.4 Å². The number of sulfonamides is 1. The first-order chi connectivity index (χ1) is 11.9. The van der Waals surface area contributed by atoms with Crippen LogP contribution >= 0.6 is 0 Å². The predicted molar refractivity (Wildman–Crippen MR) is 97.8 cm³/mol. The zero-order valence-corrected chi connectivity index (χ0v) is 15.0. The summed E-state index contributed by atoms with van der Waals surface area (Å²) in [5, 5.41) is 10.7. The van der Waals surface area contributed by atoms with Crippen molar-refractivity contribution in [3.63, 3.8) is 0 Å². The van der Waals surface area contributed by atoms with Gasteiger partial charge >= 0.3 is 6.03 Å². The van der Waals surface area contributed by atoms with Crippen molar-refractivity contribution in [3.8, 4) is 0 Å². The van der Waals surface area contributed by atoms with E-state index >= 15 is 0 Å². The Kier molecular flexibility index (Phi) is 6.55. The molecule has 0 atom stereocenters. The molecule has 2 aromatic rings. The van der Waals surface area contributed by atoms with E-state index in [1.54, 1.807) is 12.1 Å². The lowest BCUT2D eigenvalue weighted by atomic mass is 10.1. The Morgan fingerprint density at radius 3 is 2.16 bits per heavy atom. The number of nitrogens with one attached hydrogen (secondary N) is 2. The molecular weight excluding hydrogens is 338 g/mol. The number of primary sulfonamides is 1. The molecular formula is C18H23N3O3S. The first kappa shape index (κ1) is 19.0. The minimum Gasteiger partial charge on any atom is -0.338 e. The van der Waals surface area contributed by atoms with Gasteiger partial charge in [0.05, 0.1) is 4.90 Å². The van der Waals surface area contributed by atoms with E-state index in [0.717, 1.165) is 12.0 Å². The van der Waals surface area contributed by atoms with Crippen molar-refractivity contribution < 1.29 is 13.2 Å². The fourth-order valence-corrected chi connectivity index (χ4v) is 2.95. The van der Waals surface area contributed by atoms with Gasteiger partial charge in [0.25, 0.3) is 0 Å². The maximum atomic E-state index is 11.8. The van der Waals surface area contributed by atoms with Gasteiger partial charge < -0.3 is 10.6 Å². The van der Waals surface area contributed by atoms with Crippen molar-refractivity contribution in [2.75, 3.05) is 13.1 Å². The second-order valence-electron chi connectivity index (χ2n) is 5.80. The SMILES string of the molecule is Cc1ccccc1CCNC(=O)NCCc1ccc(S(N)(=O)=O)cc1. The fraction of sp³-hybridized carbons (Fsp3) is 0.278. The number of amides is 2. The third-order valence-corrected chi connectivity index (χ3v) is 4.82. The van der Waals surface area contributed by atoms with Gasteiger partial charge in [-0.15, -0.1) is 0 Å². The van der Waals surface area contributed by atoms with Crippen LogP contribution in [0.4, 0.5) is 4.79 Å². The van der Waals surface area contributed by atoms with Crippen LogP contribution in [0.5, 0.6) is 0 Å². The van der Waals surface area contributed by atoms with E-state index in [1.165, 1.54) is 23.3 Å². The van der Waals surface area contributed by atoms with Crippen LogP contribution in [0.3, 0.4) is 0 Å². The smallest absolute Gasteiger partial charge is 0.314 e. The molecule has 0 unspecified atom stereocenters. The number of carbonyl (C=O) groups is 1. The number of nitrogens with two attached hydrogens (primary N) is 1. The van der Waals surface area contributed by atoms with Gasteiger partial charge in [0.1, 0.15) is 0 Å². The Hall–Kier alpha value is -2.38. The number of benzene rings is 2. The number of hydrogen-bond donors (Lipinski definition) is 3. The van der Waals surface area contributed by atoms with Gasteiger partial charge in [-0.2, -0.15) is 0 Å². The normalized spacial score (nSPS) is 11.1. The summed E-state index contributed by atoms with van der Waals surface area (Å²) in [6.07, 6.45) is 1.39. The second-order valence-corrected chi connectivity index (χ2v) is 7.36. The zero-order valence-electron chi connectivity index (χ0n) is 14.2. The lowest BCUT2D eigenvalue weighted by Crippen LogP contribution is -2.37. The number of urea groups is 1. The molecule has 2 aromatic carbocycles. The molecule has 0 heterocycles. The molecule has 6 nitrogen and oxygen atoms in total. The lowest BCUT2D eigenvalue weighted by Gasteiger charge is -2.09. The van der Waals surface area contributed by atoms with Crippen LogP contribution < -0.4 is 15.8 Å². The van der Waals surface area contributed by atoms with Gasteiger partial charge in [-0.05, 0) is 48.6 Å². The highest BCUT2D eigenvalue weighted by Crippen LogP contribution is 2.09. The Labute approximate surface area is 148 Å². The molecule has 0 aliphatic rings. The first-order valence-corrected chi connectivity index (χ1v) is 9.59. The highest BCUT2D eigenvalue weighted by Gasteiger charge is 2.07. The quantitative estimate of drug-likeness (QED) is 0.700. The molecule has 0 aliphatic heterocycles. The van der Waals surface area contributed by atoms with E-state index in [-0.39, 0.29) is 10.9 Å². The number of hydrogen-bond acceptors (Lipinski definition) is 3. The molecule has 0 radical (unpaired) electrons. The fourth-order valence-electron chi connectivity index (χ4n) is 2.43. The van der Waals surface area contributed by atoms with E-state index in [1.807, 2.05) is 12.1 Å². The van der Waals surface area contributed by atoms with Crippen LogP contribution in [0, 0.1) is 6.92 Å². The van der Waals surface area contributed by atoms with E-state index < -0.39 is 10.0 Å². The minimum absolute atomic E-state index is 0.0816. The molecule has 0 aliphatic carbocycles. The van der Waals surface area contributed by atoms with Gasteiger partial charge in [0.15, 0.2) is 0 Å². The van der Waals surface area contributed by atoms with Crippen molar-refractivity contribution in [2.24, 2.45) is 5.14 Å². The molecule has 134 valence electrons. The number of rotatable bonds is 7. The molecule has 0 fully saturated rings. The van der Waals surface area contributed by atoms with Crippen molar-refractivity contribution in [1.82, 2.24) is 10.6 Å². The van der Waals surface area contributed by atoms with Crippen LogP contribution in [0.25, 0.3) is 0 Å². The molecule has 2 rings (SSSR count). The molecule has 0 aromatic heterocycles. The summed E-state index contributed by atoms with van der Waals surface area (Å²) in [6.45, 7) is 3.08. The number of aryl methyl sites for hydroxylation is 1. The molecule has 0 saturated heterocycles. The van der Waals surface area contributed by atoms with Crippen molar-refractivity contribution in [3.05, 3.63) is 65.2 Å². The van der Waals surface area contributed by atoms with E-state index in [4.69, 9.17) is 5.14 Å². The summed E-state index contributed by atoms with van der Waals surface area (Å²) in [5.74, 6) is 0. The van der Waals surface area contributed by atoms with Crippen LogP contribution in [0.2, 0.25) is 0 Å². The van der Waals surface area contributed by atoms with Crippen LogP contribution in [-0.4, -0.2) is 27.5 Å². The van der Waals surface area contributed by atoms with Crippen molar-refractivity contribution in [2.45, 2.75) is 24.7 Å². The summed E-state index contributed by atoms with van der Waals surface area (Å²) >= 11 is 0. The third kappa shape index (κ3) is 6.21. The predicted octanol–water partition coefficient (Wildman–Crippen LogP) is 1.73. The highest BCUT2D eigenvalue weighted by molar-refractivity contribution is 7.89. The molecule has 0 saturated carbocycles. The summed E-state index contributed by atoms with van der Waals surface area (Å²) < 4.78 is 22.4. The van der Waals surface area contributed by atoms with E-state index in [9.17, 15) is 13.2 Å². The number of carbonyl (C=O) groups excluding carboxylic acids is 1. The van der Waals surface area contributed by atoms with E-state index in [0.29, 0.717) is 19.5 Å². The molecule has 4 N–H and O–H groups in total. The molecule has 0 bridgehead atoms. The largest absolute Gasteiger partial charge is 0.338 e. The summed E-state index contributed by atoms with van der Waals surface area (Å²) in [5.41, 5.74) is 3.36. The van der Waals surface area contributed by atoms with Gasteiger partial charge in [0.2, 0.25) is 10.0 Å². The summed E-state index contributed by atoms with van der Waals surface area (Å²) in [7, 11) is -3.67. The monoisotopic (exact) mass is 361 g/mol. The van der Waals surface area contributed by atoms with Gasteiger partial charge in [0, 0.05) is 13.1 Å².